The highest BCUT2D eigenvalue weighted by molar-refractivity contribution is 7.90. The molecule has 1 heterocycles. The average Bonchev–Trinajstić information content (AvgIpc) is 3.30. The summed E-state index contributed by atoms with van der Waals surface area (Å²) in [6, 6.07) is 25.8. The first-order valence-corrected chi connectivity index (χ1v) is 12.9. The van der Waals surface area contributed by atoms with E-state index in [9.17, 15) is 13.2 Å². The average molecular weight is 463 g/mol. The third-order valence-electron chi connectivity index (χ3n) is 5.03. The molecular formula is C25H22N2O3S2. The van der Waals surface area contributed by atoms with Crippen molar-refractivity contribution in [2.45, 2.75) is 11.3 Å². The van der Waals surface area contributed by atoms with Gasteiger partial charge in [0.1, 0.15) is 0 Å². The lowest BCUT2D eigenvalue weighted by atomic mass is 10.1. The Labute approximate surface area is 191 Å². The van der Waals surface area contributed by atoms with Gasteiger partial charge in [0.05, 0.1) is 10.6 Å². The van der Waals surface area contributed by atoms with Gasteiger partial charge in [-0.3, -0.25) is 9.69 Å². The van der Waals surface area contributed by atoms with E-state index in [1.807, 2.05) is 66.0 Å². The van der Waals surface area contributed by atoms with Crippen LogP contribution in [0.4, 0.5) is 5.13 Å². The van der Waals surface area contributed by atoms with Crippen molar-refractivity contribution in [3.63, 3.8) is 0 Å². The highest BCUT2D eigenvalue weighted by Crippen LogP contribution is 2.29. The number of sulfone groups is 1. The van der Waals surface area contributed by atoms with Gasteiger partial charge in [0, 0.05) is 29.3 Å². The van der Waals surface area contributed by atoms with Crippen molar-refractivity contribution in [2.24, 2.45) is 0 Å². The number of anilines is 1. The van der Waals surface area contributed by atoms with Crippen LogP contribution in [0, 0.1) is 0 Å². The van der Waals surface area contributed by atoms with Crippen molar-refractivity contribution in [3.8, 4) is 11.3 Å². The van der Waals surface area contributed by atoms with Crippen LogP contribution in [-0.4, -0.2) is 32.1 Å². The third-order valence-corrected chi connectivity index (χ3v) is 7.03. The predicted octanol–water partition coefficient (Wildman–Crippen LogP) is 5.10. The number of carbonyl (C=O) groups is 1. The summed E-state index contributed by atoms with van der Waals surface area (Å²) in [4.78, 5) is 20.0. The molecule has 4 rings (SSSR count). The van der Waals surface area contributed by atoms with E-state index < -0.39 is 9.84 Å². The smallest absolute Gasteiger partial charge is 0.260 e. The molecule has 0 bridgehead atoms. The fourth-order valence-corrected chi connectivity index (χ4v) is 4.79. The van der Waals surface area contributed by atoms with E-state index in [0.717, 1.165) is 23.1 Å². The number of carbonyl (C=O) groups excluding carboxylic acids is 1. The van der Waals surface area contributed by atoms with Crippen LogP contribution in [0.2, 0.25) is 0 Å². The van der Waals surface area contributed by atoms with E-state index in [1.54, 1.807) is 17.0 Å². The zero-order chi connectivity index (χ0) is 22.6. The highest BCUT2D eigenvalue weighted by Gasteiger charge is 2.22. The van der Waals surface area contributed by atoms with E-state index in [4.69, 9.17) is 4.98 Å². The second kappa shape index (κ2) is 9.46. The third kappa shape index (κ3) is 5.12. The number of hydrogen-bond donors (Lipinski definition) is 0. The molecule has 4 aromatic rings. The molecule has 1 aromatic heterocycles. The van der Waals surface area contributed by atoms with Crippen molar-refractivity contribution in [3.05, 3.63) is 101 Å². The summed E-state index contributed by atoms with van der Waals surface area (Å²) in [6.07, 6.45) is 1.82. The lowest BCUT2D eigenvalue weighted by Crippen LogP contribution is -2.33. The first kappa shape index (κ1) is 21.9. The Kier molecular flexibility index (Phi) is 6.48. The number of hydrogen-bond acceptors (Lipinski definition) is 5. The molecule has 0 fully saturated rings. The van der Waals surface area contributed by atoms with Crippen LogP contribution < -0.4 is 4.90 Å². The topological polar surface area (TPSA) is 67.3 Å². The SMILES string of the molecule is CS(=O)(=O)c1ccc(C(=O)N(CCc2ccccc2)c2nc(-c3ccccc3)cs2)cc1. The minimum absolute atomic E-state index is 0.186. The number of benzene rings is 3. The van der Waals surface area contributed by atoms with Crippen molar-refractivity contribution >= 4 is 32.2 Å². The van der Waals surface area contributed by atoms with Crippen LogP contribution in [0.25, 0.3) is 11.3 Å². The molecule has 1 amide bonds. The Morgan fingerprint density at radius 2 is 1.53 bits per heavy atom. The second-order valence-electron chi connectivity index (χ2n) is 7.37. The Balaban J connectivity index is 1.64. The highest BCUT2D eigenvalue weighted by atomic mass is 32.2. The standard InChI is InChI=1S/C25H22N2O3S2/c1-32(29,30)22-14-12-21(13-15-22)24(28)27(17-16-19-8-4-2-5-9-19)25-26-23(18-31-25)20-10-6-3-7-11-20/h2-15,18H,16-17H2,1H3. The number of amides is 1. The van der Waals surface area contributed by atoms with Crippen molar-refractivity contribution in [2.75, 3.05) is 17.7 Å². The van der Waals surface area contributed by atoms with E-state index >= 15 is 0 Å². The molecule has 0 spiro atoms. The van der Waals surface area contributed by atoms with Gasteiger partial charge in [-0.05, 0) is 36.2 Å². The van der Waals surface area contributed by atoms with E-state index in [-0.39, 0.29) is 10.8 Å². The summed E-state index contributed by atoms with van der Waals surface area (Å²) in [7, 11) is -3.33. The van der Waals surface area contributed by atoms with Crippen LogP contribution in [-0.2, 0) is 16.3 Å². The van der Waals surface area contributed by atoms with Gasteiger partial charge in [0.2, 0.25) is 0 Å². The summed E-state index contributed by atoms with van der Waals surface area (Å²) < 4.78 is 23.5. The lowest BCUT2D eigenvalue weighted by molar-refractivity contribution is 0.0987. The van der Waals surface area contributed by atoms with Gasteiger partial charge in [-0.1, -0.05) is 60.7 Å². The maximum absolute atomic E-state index is 13.4. The molecule has 0 aliphatic carbocycles. The van der Waals surface area contributed by atoms with E-state index in [1.165, 1.54) is 23.5 Å². The molecular weight excluding hydrogens is 440 g/mol. The van der Waals surface area contributed by atoms with Crippen molar-refractivity contribution in [1.82, 2.24) is 4.98 Å². The fraction of sp³-hybridized carbons (Fsp3) is 0.120. The molecule has 5 nitrogen and oxygen atoms in total. The summed E-state index contributed by atoms with van der Waals surface area (Å²) in [5.74, 6) is -0.213. The van der Waals surface area contributed by atoms with E-state index in [2.05, 4.69) is 0 Å². The second-order valence-corrected chi connectivity index (χ2v) is 10.2. The molecule has 162 valence electrons. The van der Waals surface area contributed by atoms with Gasteiger partial charge in [-0.15, -0.1) is 11.3 Å². The maximum Gasteiger partial charge on any atom is 0.260 e. The first-order chi connectivity index (χ1) is 15.4. The predicted molar refractivity (Wildman–Crippen MR) is 129 cm³/mol. The molecule has 0 N–H and O–H groups in total. The van der Waals surface area contributed by atoms with Crippen LogP contribution in [0.15, 0.2) is 95.2 Å². The number of rotatable bonds is 7. The summed E-state index contributed by atoms with van der Waals surface area (Å²) >= 11 is 1.42. The Morgan fingerprint density at radius 3 is 2.16 bits per heavy atom. The molecule has 0 aliphatic rings. The fourth-order valence-electron chi connectivity index (χ4n) is 3.30. The Bertz CT molecular complexity index is 1300. The summed E-state index contributed by atoms with van der Waals surface area (Å²) in [5.41, 5.74) is 3.35. The van der Waals surface area contributed by atoms with Gasteiger partial charge in [-0.25, -0.2) is 13.4 Å². The van der Waals surface area contributed by atoms with E-state index in [0.29, 0.717) is 23.7 Å². The zero-order valence-electron chi connectivity index (χ0n) is 17.5. The van der Waals surface area contributed by atoms with Crippen LogP contribution >= 0.6 is 11.3 Å². The van der Waals surface area contributed by atoms with Crippen molar-refractivity contribution in [1.29, 1.82) is 0 Å². The molecule has 0 unspecified atom stereocenters. The normalized spacial score (nSPS) is 11.3. The Hall–Kier alpha value is -3.29. The summed E-state index contributed by atoms with van der Waals surface area (Å²) in [6.45, 7) is 0.457. The minimum atomic E-state index is -3.33. The van der Waals surface area contributed by atoms with Gasteiger partial charge in [0.15, 0.2) is 15.0 Å². The quantitative estimate of drug-likeness (QED) is 0.383. The molecule has 3 aromatic carbocycles. The van der Waals surface area contributed by atoms with Gasteiger partial charge >= 0.3 is 0 Å². The first-order valence-electron chi connectivity index (χ1n) is 10.1. The molecule has 7 heteroatoms. The van der Waals surface area contributed by atoms with Crippen LogP contribution in [0.5, 0.6) is 0 Å². The molecule has 0 radical (unpaired) electrons. The Morgan fingerprint density at radius 1 is 0.906 bits per heavy atom. The monoisotopic (exact) mass is 462 g/mol. The number of thiazole rings is 1. The molecule has 0 saturated heterocycles. The van der Waals surface area contributed by atoms with Crippen molar-refractivity contribution < 1.29 is 13.2 Å². The number of aromatic nitrogens is 1. The van der Waals surface area contributed by atoms with Gasteiger partial charge in [0.25, 0.3) is 5.91 Å². The van der Waals surface area contributed by atoms with Gasteiger partial charge < -0.3 is 0 Å². The molecule has 0 atom stereocenters. The minimum Gasteiger partial charge on any atom is -0.284 e. The summed E-state index contributed by atoms with van der Waals surface area (Å²) in [5, 5.41) is 2.55. The largest absolute Gasteiger partial charge is 0.284 e. The zero-order valence-corrected chi connectivity index (χ0v) is 19.1. The lowest BCUT2D eigenvalue weighted by Gasteiger charge is -2.20. The number of nitrogens with zero attached hydrogens (tertiary/aromatic N) is 2. The molecule has 0 saturated carbocycles. The van der Waals surface area contributed by atoms with Gasteiger partial charge in [-0.2, -0.15) is 0 Å². The molecule has 32 heavy (non-hydrogen) atoms. The van der Waals surface area contributed by atoms with Crippen LogP contribution in [0.3, 0.4) is 0 Å². The molecule has 0 aliphatic heterocycles. The maximum atomic E-state index is 13.4. The van der Waals surface area contributed by atoms with Crippen LogP contribution in [0.1, 0.15) is 15.9 Å².